The van der Waals surface area contributed by atoms with Gasteiger partial charge in [0.2, 0.25) is 5.88 Å². The van der Waals surface area contributed by atoms with Gasteiger partial charge in [-0.05, 0) is 34.1 Å². The van der Waals surface area contributed by atoms with E-state index in [1.807, 2.05) is 0 Å². The predicted octanol–water partition coefficient (Wildman–Crippen LogP) is 1.98. The zero-order valence-electron chi connectivity index (χ0n) is 10.00. The quantitative estimate of drug-likeness (QED) is 0.776. The molecule has 0 aromatic carbocycles. The van der Waals surface area contributed by atoms with E-state index in [0.29, 0.717) is 5.88 Å². The Morgan fingerprint density at radius 3 is 3.00 bits per heavy atom. The first-order valence-electron chi connectivity index (χ1n) is 5.43. The second-order valence-corrected chi connectivity index (χ2v) is 4.25. The van der Waals surface area contributed by atoms with Gasteiger partial charge < -0.3 is 14.0 Å². The van der Waals surface area contributed by atoms with Crippen molar-refractivity contribution in [2.45, 2.75) is 13.5 Å². The molecule has 0 bridgehead atoms. The maximum Gasteiger partial charge on any atom is 0.379 e. The number of pyridine rings is 1. The number of hydrogen-bond acceptors (Lipinski definition) is 7. The van der Waals surface area contributed by atoms with Gasteiger partial charge in [-0.3, -0.25) is 0 Å². The first kappa shape index (κ1) is 13.5. The lowest BCUT2D eigenvalue weighted by Gasteiger charge is -2.00. The van der Waals surface area contributed by atoms with Crippen LogP contribution in [0.15, 0.2) is 27.3 Å². The maximum atomic E-state index is 11.3. The molecule has 2 aromatic heterocycles. The Balaban J connectivity index is 1.93. The largest absolute Gasteiger partial charge is 0.468 e. The van der Waals surface area contributed by atoms with Gasteiger partial charge in [0, 0.05) is 16.7 Å². The average Bonchev–Trinajstić information content (AvgIpc) is 2.87. The first-order chi connectivity index (χ1) is 9.19. The molecule has 7 nitrogen and oxygen atoms in total. The molecule has 0 amide bonds. The zero-order valence-corrected chi connectivity index (χ0v) is 11.6. The number of hydrogen-bond donors (Lipinski definition) is 0. The number of rotatable bonds is 5. The van der Waals surface area contributed by atoms with E-state index in [1.165, 1.54) is 0 Å². The second-order valence-electron chi connectivity index (χ2n) is 3.34. The highest BCUT2D eigenvalue weighted by molar-refractivity contribution is 9.10. The second kappa shape index (κ2) is 6.28. The molecule has 0 fully saturated rings. The smallest absolute Gasteiger partial charge is 0.379 e. The summed E-state index contributed by atoms with van der Waals surface area (Å²) in [6.45, 7) is 1.98. The van der Waals surface area contributed by atoms with Crippen molar-refractivity contribution in [3.8, 4) is 5.88 Å². The molecule has 2 aromatic rings. The number of aromatic nitrogens is 3. The molecule has 100 valence electrons. The van der Waals surface area contributed by atoms with Crippen LogP contribution < -0.4 is 4.74 Å². The molecule has 2 heterocycles. The van der Waals surface area contributed by atoms with Crippen molar-refractivity contribution in [3.05, 3.63) is 34.5 Å². The van der Waals surface area contributed by atoms with Gasteiger partial charge in [-0.1, -0.05) is 0 Å². The monoisotopic (exact) mass is 327 g/mol. The Labute approximate surface area is 117 Å². The first-order valence-corrected chi connectivity index (χ1v) is 6.22. The van der Waals surface area contributed by atoms with Gasteiger partial charge in [0.05, 0.1) is 6.61 Å². The van der Waals surface area contributed by atoms with Crippen LogP contribution in [0.3, 0.4) is 0 Å². The Morgan fingerprint density at radius 2 is 2.32 bits per heavy atom. The van der Waals surface area contributed by atoms with Gasteiger partial charge >= 0.3 is 5.97 Å². The Hall–Kier alpha value is -1.96. The Kier molecular flexibility index (Phi) is 4.45. The van der Waals surface area contributed by atoms with Crippen LogP contribution in [0.5, 0.6) is 5.88 Å². The van der Waals surface area contributed by atoms with Crippen molar-refractivity contribution in [2.24, 2.45) is 0 Å². The molecule has 0 saturated heterocycles. The fourth-order valence-corrected chi connectivity index (χ4v) is 1.41. The molecular formula is C11H10BrN3O4. The highest BCUT2D eigenvalue weighted by atomic mass is 79.9. The van der Waals surface area contributed by atoms with Gasteiger partial charge in [0.15, 0.2) is 6.61 Å². The van der Waals surface area contributed by atoms with Crippen LogP contribution in [0.2, 0.25) is 0 Å². The summed E-state index contributed by atoms with van der Waals surface area (Å²) in [5, 5.41) is 3.49. The summed E-state index contributed by atoms with van der Waals surface area (Å²) in [6, 6.07) is 3.48. The molecule has 0 N–H and O–H groups in total. The third-order valence-electron chi connectivity index (χ3n) is 1.97. The number of esters is 1. The van der Waals surface area contributed by atoms with E-state index >= 15 is 0 Å². The van der Waals surface area contributed by atoms with Crippen LogP contribution >= 0.6 is 15.9 Å². The van der Waals surface area contributed by atoms with Crippen molar-refractivity contribution in [1.29, 1.82) is 0 Å². The molecule has 2 rings (SSSR count). The predicted molar refractivity (Wildman–Crippen MR) is 66.5 cm³/mol. The van der Waals surface area contributed by atoms with Gasteiger partial charge in [-0.2, -0.15) is 4.98 Å². The molecule has 0 aliphatic rings. The van der Waals surface area contributed by atoms with Gasteiger partial charge in [-0.25, -0.2) is 9.78 Å². The van der Waals surface area contributed by atoms with Crippen molar-refractivity contribution < 1.29 is 18.8 Å². The summed E-state index contributed by atoms with van der Waals surface area (Å²) < 4.78 is 15.8. The normalized spacial score (nSPS) is 10.2. The number of halogens is 1. The van der Waals surface area contributed by atoms with E-state index in [4.69, 9.17) is 14.0 Å². The van der Waals surface area contributed by atoms with E-state index in [1.54, 1.807) is 25.3 Å². The fourth-order valence-electron chi connectivity index (χ4n) is 1.18. The Morgan fingerprint density at radius 1 is 1.47 bits per heavy atom. The lowest BCUT2D eigenvalue weighted by atomic mass is 10.5. The van der Waals surface area contributed by atoms with Crippen molar-refractivity contribution in [3.63, 3.8) is 0 Å². The molecule has 0 aliphatic carbocycles. The molecule has 0 atom stereocenters. The van der Waals surface area contributed by atoms with Gasteiger partial charge in [0.1, 0.15) is 0 Å². The molecule has 0 unspecified atom stereocenters. The number of carbonyl (C=O) groups is 1. The SMILES string of the molecule is CCOC(=O)c1noc(COc2ccc(Br)cn2)n1. The van der Waals surface area contributed by atoms with Crippen LogP contribution in [0.25, 0.3) is 0 Å². The molecule has 19 heavy (non-hydrogen) atoms. The third kappa shape index (κ3) is 3.75. The molecule has 8 heteroatoms. The van der Waals surface area contributed by atoms with Crippen LogP contribution in [0.1, 0.15) is 23.4 Å². The molecule has 0 radical (unpaired) electrons. The summed E-state index contributed by atoms with van der Waals surface area (Å²) >= 11 is 3.27. The van der Waals surface area contributed by atoms with Crippen LogP contribution in [-0.2, 0) is 11.3 Å². The zero-order chi connectivity index (χ0) is 13.7. The average molecular weight is 328 g/mol. The van der Waals surface area contributed by atoms with Crippen molar-refractivity contribution >= 4 is 21.9 Å². The third-order valence-corrected chi connectivity index (χ3v) is 2.44. The summed E-state index contributed by atoms with van der Waals surface area (Å²) in [5.41, 5.74) is 0. The van der Waals surface area contributed by atoms with E-state index in [-0.39, 0.29) is 24.9 Å². The summed E-state index contributed by atoms with van der Waals surface area (Å²) in [4.78, 5) is 19.2. The minimum absolute atomic E-state index is 0.0288. The van der Waals surface area contributed by atoms with E-state index in [9.17, 15) is 4.79 Å². The van der Waals surface area contributed by atoms with E-state index in [2.05, 4.69) is 31.1 Å². The number of carbonyl (C=O) groups excluding carboxylic acids is 1. The highest BCUT2D eigenvalue weighted by Gasteiger charge is 2.15. The highest BCUT2D eigenvalue weighted by Crippen LogP contribution is 2.13. The van der Waals surface area contributed by atoms with Gasteiger partial charge in [-0.15, -0.1) is 0 Å². The fraction of sp³-hybridized carbons (Fsp3) is 0.273. The van der Waals surface area contributed by atoms with Crippen LogP contribution in [0, 0.1) is 0 Å². The molecular weight excluding hydrogens is 318 g/mol. The molecule has 0 spiro atoms. The van der Waals surface area contributed by atoms with Gasteiger partial charge in [0.25, 0.3) is 11.7 Å². The van der Waals surface area contributed by atoms with E-state index in [0.717, 1.165) is 4.47 Å². The minimum Gasteiger partial charge on any atom is -0.468 e. The minimum atomic E-state index is -0.626. The standard InChI is InChI=1S/C11H10BrN3O4/c1-2-17-11(16)10-14-9(19-15-10)6-18-8-4-3-7(12)5-13-8/h3-5H,2,6H2,1H3. The number of nitrogens with zero attached hydrogens (tertiary/aromatic N) is 3. The topological polar surface area (TPSA) is 87.3 Å². The molecule has 0 saturated carbocycles. The van der Waals surface area contributed by atoms with Crippen molar-refractivity contribution in [2.75, 3.05) is 6.61 Å². The number of ether oxygens (including phenoxy) is 2. The van der Waals surface area contributed by atoms with Crippen LogP contribution in [-0.4, -0.2) is 27.7 Å². The summed E-state index contributed by atoms with van der Waals surface area (Å²) in [7, 11) is 0. The van der Waals surface area contributed by atoms with Crippen LogP contribution in [0.4, 0.5) is 0 Å². The summed E-state index contributed by atoms with van der Waals surface area (Å²) in [5.74, 6) is -0.157. The lowest BCUT2D eigenvalue weighted by molar-refractivity contribution is 0.0508. The maximum absolute atomic E-state index is 11.3. The van der Waals surface area contributed by atoms with E-state index < -0.39 is 5.97 Å². The molecule has 0 aliphatic heterocycles. The summed E-state index contributed by atoms with van der Waals surface area (Å²) in [6.07, 6.45) is 1.60. The van der Waals surface area contributed by atoms with Crippen molar-refractivity contribution in [1.82, 2.24) is 15.1 Å². The Bertz CT molecular complexity index is 555. The lowest BCUT2D eigenvalue weighted by Crippen LogP contribution is -2.07.